The molecule has 0 fully saturated rings. The highest BCUT2D eigenvalue weighted by Gasteiger charge is 2.27. The van der Waals surface area contributed by atoms with Crippen LogP contribution in [-0.2, 0) is 16.1 Å². The molecule has 9 heteroatoms. The van der Waals surface area contributed by atoms with Crippen LogP contribution in [0.5, 0.6) is 5.75 Å². The first-order chi connectivity index (χ1) is 15.9. The zero-order chi connectivity index (χ0) is 23.8. The Morgan fingerprint density at radius 2 is 2.00 bits per heavy atom. The summed E-state index contributed by atoms with van der Waals surface area (Å²) >= 11 is 0. The molecule has 0 aliphatic heterocycles. The fourth-order valence-electron chi connectivity index (χ4n) is 3.17. The van der Waals surface area contributed by atoms with Gasteiger partial charge in [-0.15, -0.1) is 0 Å². The molecule has 0 unspecified atom stereocenters. The summed E-state index contributed by atoms with van der Waals surface area (Å²) in [7, 11) is 2.89. The number of ether oxygens (including phenoxy) is 1. The maximum absolute atomic E-state index is 13.2. The monoisotopic (exact) mass is 449 g/mol. The van der Waals surface area contributed by atoms with Crippen LogP contribution in [0.2, 0.25) is 0 Å². The predicted octanol–water partition coefficient (Wildman–Crippen LogP) is 2.50. The van der Waals surface area contributed by atoms with Gasteiger partial charge in [-0.05, 0) is 42.8 Å². The van der Waals surface area contributed by atoms with E-state index in [-0.39, 0.29) is 12.1 Å². The van der Waals surface area contributed by atoms with Gasteiger partial charge in [-0.1, -0.05) is 30.9 Å². The van der Waals surface area contributed by atoms with Crippen LogP contribution in [0.15, 0.2) is 67.4 Å². The molecule has 1 aromatic carbocycles. The first-order valence-corrected chi connectivity index (χ1v) is 10.4. The van der Waals surface area contributed by atoms with Crippen molar-refractivity contribution < 1.29 is 19.2 Å². The molecule has 0 saturated carbocycles. The smallest absolute Gasteiger partial charge is 0.270 e. The van der Waals surface area contributed by atoms with E-state index in [4.69, 9.17) is 9.57 Å². The summed E-state index contributed by atoms with van der Waals surface area (Å²) < 4.78 is 6.96. The van der Waals surface area contributed by atoms with E-state index in [0.29, 0.717) is 23.9 Å². The van der Waals surface area contributed by atoms with Crippen LogP contribution in [-0.4, -0.2) is 58.4 Å². The Bertz CT molecular complexity index is 1100. The minimum absolute atomic E-state index is 0.261. The number of aryl methyl sites for hydroxylation is 1. The van der Waals surface area contributed by atoms with E-state index in [0.717, 1.165) is 10.6 Å². The molecule has 9 nitrogen and oxygen atoms in total. The number of nitrogens with one attached hydrogen (secondary N) is 1. The third kappa shape index (κ3) is 6.05. The van der Waals surface area contributed by atoms with Gasteiger partial charge in [0.1, 0.15) is 24.1 Å². The van der Waals surface area contributed by atoms with Crippen LogP contribution < -0.4 is 10.1 Å². The third-order valence-corrected chi connectivity index (χ3v) is 4.85. The first-order valence-electron chi connectivity index (χ1n) is 10.4. The second-order valence-electron chi connectivity index (χ2n) is 7.26. The molecule has 2 heterocycles. The van der Waals surface area contributed by atoms with Crippen molar-refractivity contribution in [2.24, 2.45) is 0 Å². The number of amides is 2. The Morgan fingerprint density at radius 3 is 2.64 bits per heavy atom. The molecule has 0 spiro atoms. The SMILES string of the molecule is C=CCOc1ccc(C[C@H](NC(=O)c2cc(C)nn2-c2ccccn2)C(=O)N(C)OC)cc1. The van der Waals surface area contributed by atoms with Crippen LogP contribution in [0.25, 0.3) is 5.82 Å². The van der Waals surface area contributed by atoms with Gasteiger partial charge in [-0.25, -0.2) is 14.7 Å². The standard InChI is InChI=1S/C24H27N5O4/c1-5-14-33-19-11-9-18(10-12-19)16-20(24(31)28(3)32-4)26-23(30)21-15-17(2)27-29(21)22-8-6-7-13-25-22/h5-13,15,20H,1,14,16H2,2-4H3,(H,26,30)/t20-/m0/s1. The zero-order valence-corrected chi connectivity index (χ0v) is 18.9. The van der Waals surface area contributed by atoms with Gasteiger partial charge in [-0.2, -0.15) is 5.10 Å². The number of rotatable bonds is 10. The van der Waals surface area contributed by atoms with Gasteiger partial charge in [0.2, 0.25) is 0 Å². The van der Waals surface area contributed by atoms with Crippen LogP contribution in [0.4, 0.5) is 0 Å². The van der Waals surface area contributed by atoms with E-state index >= 15 is 0 Å². The Morgan fingerprint density at radius 1 is 1.24 bits per heavy atom. The summed E-state index contributed by atoms with van der Waals surface area (Å²) in [4.78, 5) is 35.4. The quantitative estimate of drug-likeness (QED) is 0.377. The lowest BCUT2D eigenvalue weighted by Crippen LogP contribution is -2.48. The molecule has 0 aliphatic rings. The predicted molar refractivity (Wildman–Crippen MR) is 123 cm³/mol. The fraction of sp³-hybridized carbons (Fsp3) is 0.250. The fourth-order valence-corrected chi connectivity index (χ4v) is 3.17. The number of carbonyl (C=O) groups excluding carboxylic acids is 2. The molecule has 0 bridgehead atoms. The number of carbonyl (C=O) groups is 2. The average molecular weight is 450 g/mol. The molecule has 0 aliphatic carbocycles. The number of nitrogens with zero attached hydrogens (tertiary/aromatic N) is 4. The second kappa shape index (κ2) is 11.1. The highest BCUT2D eigenvalue weighted by Crippen LogP contribution is 2.15. The normalized spacial score (nSPS) is 11.5. The van der Waals surface area contributed by atoms with Crippen molar-refractivity contribution >= 4 is 11.8 Å². The topological polar surface area (TPSA) is 98.6 Å². The second-order valence-corrected chi connectivity index (χ2v) is 7.26. The summed E-state index contributed by atoms with van der Waals surface area (Å²) in [6.07, 6.45) is 3.54. The number of likely N-dealkylation sites (N-methyl/N-ethyl adjacent to an activating group) is 1. The number of hydrogen-bond donors (Lipinski definition) is 1. The molecular weight excluding hydrogens is 422 g/mol. The van der Waals surface area contributed by atoms with E-state index in [2.05, 4.69) is 22.0 Å². The summed E-state index contributed by atoms with van der Waals surface area (Å²) in [6.45, 7) is 5.81. The van der Waals surface area contributed by atoms with Gasteiger partial charge in [0.15, 0.2) is 5.82 Å². The Hall–Kier alpha value is -3.98. The van der Waals surface area contributed by atoms with Gasteiger partial charge in [-0.3, -0.25) is 14.4 Å². The van der Waals surface area contributed by atoms with Crippen molar-refractivity contribution in [1.82, 2.24) is 25.1 Å². The van der Waals surface area contributed by atoms with Crippen LogP contribution in [0.3, 0.4) is 0 Å². The van der Waals surface area contributed by atoms with E-state index in [1.54, 1.807) is 37.4 Å². The first kappa shape index (κ1) is 23.7. The molecule has 3 rings (SSSR count). The van der Waals surface area contributed by atoms with Crippen molar-refractivity contribution in [2.45, 2.75) is 19.4 Å². The maximum atomic E-state index is 13.2. The van der Waals surface area contributed by atoms with E-state index in [1.165, 1.54) is 18.8 Å². The minimum Gasteiger partial charge on any atom is -0.490 e. The van der Waals surface area contributed by atoms with Gasteiger partial charge >= 0.3 is 0 Å². The van der Waals surface area contributed by atoms with E-state index < -0.39 is 17.9 Å². The molecular formula is C24H27N5O4. The van der Waals surface area contributed by atoms with Crippen molar-refractivity contribution in [3.8, 4) is 11.6 Å². The zero-order valence-electron chi connectivity index (χ0n) is 18.9. The number of hydrogen-bond acceptors (Lipinski definition) is 6. The molecule has 0 radical (unpaired) electrons. The highest BCUT2D eigenvalue weighted by molar-refractivity contribution is 5.96. The Balaban J connectivity index is 1.83. The molecule has 2 aromatic heterocycles. The lowest BCUT2D eigenvalue weighted by Gasteiger charge is -2.23. The average Bonchev–Trinajstić information content (AvgIpc) is 3.24. The maximum Gasteiger partial charge on any atom is 0.270 e. The summed E-state index contributed by atoms with van der Waals surface area (Å²) in [5.41, 5.74) is 1.77. The summed E-state index contributed by atoms with van der Waals surface area (Å²) in [5, 5.41) is 8.29. The van der Waals surface area contributed by atoms with Crippen molar-refractivity contribution in [3.63, 3.8) is 0 Å². The molecule has 2 amide bonds. The third-order valence-electron chi connectivity index (χ3n) is 4.85. The van der Waals surface area contributed by atoms with Gasteiger partial charge in [0, 0.05) is 19.7 Å². The number of hydroxylamine groups is 2. The molecule has 33 heavy (non-hydrogen) atoms. The van der Waals surface area contributed by atoms with Gasteiger partial charge < -0.3 is 10.1 Å². The van der Waals surface area contributed by atoms with Crippen molar-refractivity contribution in [3.05, 3.63) is 84.3 Å². The van der Waals surface area contributed by atoms with Crippen LogP contribution >= 0.6 is 0 Å². The van der Waals surface area contributed by atoms with Crippen molar-refractivity contribution in [1.29, 1.82) is 0 Å². The minimum atomic E-state index is -0.866. The summed E-state index contributed by atoms with van der Waals surface area (Å²) in [5.74, 6) is 0.352. The van der Waals surface area contributed by atoms with Gasteiger partial charge in [0.25, 0.3) is 11.8 Å². The summed E-state index contributed by atoms with van der Waals surface area (Å²) in [6, 6.07) is 13.4. The Labute approximate surface area is 192 Å². The molecule has 1 atom stereocenters. The molecule has 3 aromatic rings. The lowest BCUT2D eigenvalue weighted by atomic mass is 10.0. The van der Waals surface area contributed by atoms with Crippen molar-refractivity contribution in [2.75, 3.05) is 20.8 Å². The largest absolute Gasteiger partial charge is 0.490 e. The highest BCUT2D eigenvalue weighted by atomic mass is 16.7. The molecule has 1 N–H and O–H groups in total. The molecule has 0 saturated heterocycles. The Kier molecular flexibility index (Phi) is 7.93. The number of benzene rings is 1. The number of pyridine rings is 1. The van der Waals surface area contributed by atoms with Crippen LogP contribution in [0, 0.1) is 6.92 Å². The molecule has 172 valence electrons. The van der Waals surface area contributed by atoms with Crippen LogP contribution in [0.1, 0.15) is 21.7 Å². The van der Waals surface area contributed by atoms with E-state index in [1.807, 2.05) is 30.3 Å². The van der Waals surface area contributed by atoms with E-state index in [9.17, 15) is 9.59 Å². The number of aromatic nitrogens is 3. The van der Waals surface area contributed by atoms with Gasteiger partial charge in [0.05, 0.1) is 12.8 Å². The lowest BCUT2D eigenvalue weighted by molar-refractivity contribution is -0.170.